The highest BCUT2D eigenvalue weighted by Crippen LogP contribution is 2.38. The lowest BCUT2D eigenvalue weighted by Crippen LogP contribution is -2.44. The van der Waals surface area contributed by atoms with Gasteiger partial charge in [-0.3, -0.25) is 9.59 Å². The number of nitrogens with zero attached hydrogens (tertiary/aromatic N) is 1. The maximum absolute atomic E-state index is 13.0. The van der Waals surface area contributed by atoms with Crippen molar-refractivity contribution in [2.24, 2.45) is 11.8 Å². The third kappa shape index (κ3) is 3.83. The normalized spacial score (nSPS) is 21.3. The zero-order chi connectivity index (χ0) is 18.4. The maximum Gasteiger partial charge on any atom is 0.393 e. The van der Waals surface area contributed by atoms with Gasteiger partial charge in [-0.25, -0.2) is 0 Å². The Hall–Kier alpha value is -1.57. The van der Waals surface area contributed by atoms with Crippen LogP contribution in [0.15, 0.2) is 0 Å². The fraction of sp³-hybridized carbons (Fsp3) is 0.647. The van der Waals surface area contributed by atoms with Gasteiger partial charge < -0.3 is 10.2 Å². The molecule has 138 valence electrons. The molecule has 1 N–H and O–H groups in total. The predicted octanol–water partition coefficient (Wildman–Crippen LogP) is 4.13. The molecule has 0 spiro atoms. The van der Waals surface area contributed by atoms with Gasteiger partial charge in [0.1, 0.15) is 5.00 Å². The molecular formula is C17H21F3N2O2S. The van der Waals surface area contributed by atoms with Crippen LogP contribution < -0.4 is 5.32 Å². The van der Waals surface area contributed by atoms with Gasteiger partial charge in [-0.1, -0.05) is 0 Å². The van der Waals surface area contributed by atoms with E-state index in [1.54, 1.807) is 6.92 Å². The first-order valence-corrected chi connectivity index (χ1v) is 9.27. The van der Waals surface area contributed by atoms with Crippen molar-refractivity contribution >= 4 is 28.2 Å². The number of piperidine rings is 1. The lowest BCUT2D eigenvalue weighted by molar-refractivity contribution is -0.184. The molecule has 8 heteroatoms. The van der Waals surface area contributed by atoms with E-state index < -0.39 is 18.0 Å². The summed E-state index contributed by atoms with van der Waals surface area (Å²) in [5.74, 6) is -2.01. The molecule has 25 heavy (non-hydrogen) atoms. The maximum atomic E-state index is 13.0. The summed E-state index contributed by atoms with van der Waals surface area (Å²) in [6, 6.07) is 0. The summed E-state index contributed by atoms with van der Waals surface area (Å²) in [7, 11) is 0. The van der Waals surface area contributed by atoms with Crippen LogP contribution in [-0.4, -0.2) is 36.0 Å². The number of halogens is 3. The number of likely N-dealkylation sites (tertiary alicyclic amines) is 1. The molecule has 2 aliphatic rings. The molecule has 1 saturated heterocycles. The molecule has 3 rings (SSSR count). The second kappa shape index (κ2) is 6.63. The smallest absolute Gasteiger partial charge is 0.338 e. The number of hydrogen-bond donors (Lipinski definition) is 1. The Balaban J connectivity index is 1.82. The van der Waals surface area contributed by atoms with Crippen LogP contribution in [0.2, 0.25) is 0 Å². The first kappa shape index (κ1) is 18.2. The minimum Gasteiger partial charge on any atom is -0.338 e. The third-order valence-corrected chi connectivity index (χ3v) is 6.08. The van der Waals surface area contributed by atoms with Crippen molar-refractivity contribution in [2.75, 3.05) is 18.4 Å². The standard InChI is InChI=1S/C17H21F3N2O2S/c1-9-10(2)25-15(21-14(23)11-5-6-11)13(9)16(24)22-7-3-4-12(8-22)17(18,19)20/h11-12H,3-8H2,1-2H3,(H,21,23). The summed E-state index contributed by atoms with van der Waals surface area (Å²) >= 11 is 1.31. The van der Waals surface area contributed by atoms with E-state index in [0.29, 0.717) is 23.5 Å². The van der Waals surface area contributed by atoms with E-state index in [-0.39, 0.29) is 24.8 Å². The molecule has 1 atom stereocenters. The van der Waals surface area contributed by atoms with Crippen LogP contribution in [0.5, 0.6) is 0 Å². The van der Waals surface area contributed by atoms with Crippen LogP contribution in [-0.2, 0) is 4.79 Å². The lowest BCUT2D eigenvalue weighted by atomic mass is 9.96. The van der Waals surface area contributed by atoms with Gasteiger partial charge in [-0.15, -0.1) is 11.3 Å². The number of nitrogens with one attached hydrogen (secondary N) is 1. The van der Waals surface area contributed by atoms with Crippen molar-refractivity contribution < 1.29 is 22.8 Å². The van der Waals surface area contributed by atoms with Crippen molar-refractivity contribution in [3.8, 4) is 0 Å². The van der Waals surface area contributed by atoms with Crippen molar-refractivity contribution in [1.82, 2.24) is 4.90 Å². The molecular weight excluding hydrogens is 353 g/mol. The van der Waals surface area contributed by atoms with Gasteiger partial charge in [0.15, 0.2) is 0 Å². The molecule has 1 unspecified atom stereocenters. The quantitative estimate of drug-likeness (QED) is 0.865. The van der Waals surface area contributed by atoms with Gasteiger partial charge in [0.25, 0.3) is 5.91 Å². The van der Waals surface area contributed by atoms with Crippen LogP contribution in [0.4, 0.5) is 18.2 Å². The second-order valence-corrected chi connectivity index (χ2v) is 8.11. The summed E-state index contributed by atoms with van der Waals surface area (Å²) in [5, 5.41) is 3.27. The fourth-order valence-electron chi connectivity index (χ4n) is 3.12. The summed E-state index contributed by atoms with van der Waals surface area (Å²) < 4.78 is 39.1. The molecule has 1 aliphatic carbocycles. The first-order chi connectivity index (χ1) is 11.7. The van der Waals surface area contributed by atoms with Gasteiger partial charge in [0, 0.05) is 23.9 Å². The van der Waals surface area contributed by atoms with Gasteiger partial charge in [-0.2, -0.15) is 13.2 Å². The molecule has 0 aromatic carbocycles. The van der Waals surface area contributed by atoms with E-state index in [0.717, 1.165) is 23.3 Å². The zero-order valence-electron chi connectivity index (χ0n) is 14.2. The number of anilines is 1. The van der Waals surface area contributed by atoms with Gasteiger partial charge in [0.2, 0.25) is 5.91 Å². The van der Waals surface area contributed by atoms with E-state index >= 15 is 0 Å². The Morgan fingerprint density at radius 1 is 1.20 bits per heavy atom. The van der Waals surface area contributed by atoms with E-state index in [9.17, 15) is 22.8 Å². The molecule has 2 fully saturated rings. The van der Waals surface area contributed by atoms with Gasteiger partial charge in [-0.05, 0) is 45.1 Å². The summed E-state index contributed by atoms with van der Waals surface area (Å²) in [4.78, 5) is 27.1. The first-order valence-electron chi connectivity index (χ1n) is 8.45. The average Bonchev–Trinajstić information content (AvgIpc) is 3.35. The fourth-order valence-corrected chi connectivity index (χ4v) is 4.17. The molecule has 0 radical (unpaired) electrons. The number of hydrogen-bond acceptors (Lipinski definition) is 3. The summed E-state index contributed by atoms with van der Waals surface area (Å²) in [6.07, 6.45) is -2.21. The predicted molar refractivity (Wildman–Crippen MR) is 89.8 cm³/mol. The summed E-state index contributed by atoms with van der Waals surface area (Å²) in [5.41, 5.74) is 1.08. The monoisotopic (exact) mass is 374 g/mol. The Bertz CT molecular complexity index is 695. The molecule has 4 nitrogen and oxygen atoms in total. The van der Waals surface area contributed by atoms with E-state index in [1.807, 2.05) is 6.92 Å². The Morgan fingerprint density at radius 2 is 1.88 bits per heavy atom. The number of aryl methyl sites for hydroxylation is 1. The Labute approximate surface area is 148 Å². The highest BCUT2D eigenvalue weighted by atomic mass is 32.1. The number of carbonyl (C=O) groups excluding carboxylic acids is 2. The average molecular weight is 374 g/mol. The van der Waals surface area contributed by atoms with Gasteiger partial charge in [0.05, 0.1) is 11.5 Å². The topological polar surface area (TPSA) is 49.4 Å². The number of carbonyl (C=O) groups is 2. The van der Waals surface area contributed by atoms with Crippen molar-refractivity contribution in [2.45, 2.75) is 45.7 Å². The van der Waals surface area contributed by atoms with Crippen LogP contribution >= 0.6 is 11.3 Å². The molecule has 1 saturated carbocycles. The molecule has 2 amide bonds. The largest absolute Gasteiger partial charge is 0.393 e. The molecule has 0 bridgehead atoms. The molecule has 1 aliphatic heterocycles. The summed E-state index contributed by atoms with van der Waals surface area (Å²) in [6.45, 7) is 3.62. The minimum absolute atomic E-state index is 0.00439. The van der Waals surface area contributed by atoms with Crippen molar-refractivity contribution in [3.05, 3.63) is 16.0 Å². The van der Waals surface area contributed by atoms with Crippen molar-refractivity contribution in [1.29, 1.82) is 0 Å². The van der Waals surface area contributed by atoms with E-state index in [1.165, 1.54) is 16.2 Å². The zero-order valence-corrected chi connectivity index (χ0v) is 15.0. The Morgan fingerprint density at radius 3 is 2.48 bits per heavy atom. The molecule has 1 aromatic heterocycles. The van der Waals surface area contributed by atoms with E-state index in [2.05, 4.69) is 5.32 Å². The van der Waals surface area contributed by atoms with Crippen LogP contribution in [0.25, 0.3) is 0 Å². The third-order valence-electron chi connectivity index (χ3n) is 4.96. The highest BCUT2D eigenvalue weighted by Gasteiger charge is 2.43. The number of amides is 2. The van der Waals surface area contributed by atoms with Crippen LogP contribution in [0.3, 0.4) is 0 Å². The Kier molecular flexibility index (Phi) is 4.83. The molecule has 1 aromatic rings. The van der Waals surface area contributed by atoms with Crippen LogP contribution in [0.1, 0.15) is 46.5 Å². The molecule has 2 heterocycles. The highest BCUT2D eigenvalue weighted by molar-refractivity contribution is 7.16. The van der Waals surface area contributed by atoms with Gasteiger partial charge >= 0.3 is 6.18 Å². The van der Waals surface area contributed by atoms with E-state index in [4.69, 9.17) is 0 Å². The number of alkyl halides is 3. The second-order valence-electron chi connectivity index (χ2n) is 6.88. The SMILES string of the molecule is Cc1sc(NC(=O)C2CC2)c(C(=O)N2CCCC(C(F)(F)F)C2)c1C. The lowest BCUT2D eigenvalue weighted by Gasteiger charge is -2.34. The number of rotatable bonds is 3. The van der Waals surface area contributed by atoms with Crippen LogP contribution in [0, 0.1) is 25.7 Å². The number of thiophene rings is 1. The minimum atomic E-state index is -4.29. The van der Waals surface area contributed by atoms with Crippen molar-refractivity contribution in [3.63, 3.8) is 0 Å².